The number of esters is 1. The molecule has 0 aromatic rings. The highest BCUT2D eigenvalue weighted by molar-refractivity contribution is 5.94. The highest BCUT2D eigenvalue weighted by Gasteiger charge is 2.04. The number of likely N-dealkylation sites (N-methyl/N-ethyl adjacent to an activating group) is 1. The summed E-state index contributed by atoms with van der Waals surface area (Å²) in [6.45, 7) is 2.21. The van der Waals surface area contributed by atoms with Crippen molar-refractivity contribution in [2.75, 3.05) is 27.2 Å². The van der Waals surface area contributed by atoms with E-state index in [9.17, 15) is 14.7 Å². The summed E-state index contributed by atoms with van der Waals surface area (Å²) in [4.78, 5) is 23.0. The fourth-order valence-electron chi connectivity index (χ4n) is 0.670. The largest absolute Gasteiger partial charge is 0.545 e. The van der Waals surface area contributed by atoms with Gasteiger partial charge in [-0.25, -0.2) is 4.79 Å². The molecule has 0 saturated carbocycles. The fraction of sp³-hybridized carbons (Fsp3) is 0.556. The standard InChI is InChI=1S/C9H15NO4/c1-7(6-8(11)12)9(13)14-5-4-10(2)3/h6H,4-5H2,1-3H3,(H,11,12)/p-1. The van der Waals surface area contributed by atoms with Crippen LogP contribution in [0.15, 0.2) is 11.6 Å². The van der Waals surface area contributed by atoms with Crippen molar-refractivity contribution in [1.82, 2.24) is 4.90 Å². The second kappa shape index (κ2) is 6.15. The quantitative estimate of drug-likeness (QED) is 0.411. The van der Waals surface area contributed by atoms with Gasteiger partial charge in [0.25, 0.3) is 0 Å². The number of rotatable bonds is 5. The zero-order chi connectivity index (χ0) is 11.1. The van der Waals surface area contributed by atoms with Gasteiger partial charge in [0, 0.05) is 12.1 Å². The Balaban J connectivity index is 3.91. The second-order valence-corrected chi connectivity index (χ2v) is 3.09. The predicted molar refractivity (Wildman–Crippen MR) is 48.3 cm³/mol. The molecular weight excluding hydrogens is 186 g/mol. The first-order chi connectivity index (χ1) is 6.43. The number of carbonyl (C=O) groups is 2. The monoisotopic (exact) mass is 200 g/mol. The van der Waals surface area contributed by atoms with E-state index in [-0.39, 0.29) is 12.2 Å². The number of carboxylic acid groups (broad SMARTS) is 1. The van der Waals surface area contributed by atoms with Crippen molar-refractivity contribution in [2.45, 2.75) is 6.92 Å². The number of nitrogens with zero attached hydrogens (tertiary/aromatic N) is 1. The van der Waals surface area contributed by atoms with Crippen molar-refractivity contribution in [3.63, 3.8) is 0 Å². The van der Waals surface area contributed by atoms with Gasteiger partial charge >= 0.3 is 5.97 Å². The highest BCUT2D eigenvalue weighted by atomic mass is 16.5. The maximum absolute atomic E-state index is 11.1. The Hall–Kier alpha value is -1.36. The van der Waals surface area contributed by atoms with E-state index in [1.54, 1.807) is 0 Å². The lowest BCUT2D eigenvalue weighted by molar-refractivity contribution is -0.297. The molecule has 0 aliphatic carbocycles. The van der Waals surface area contributed by atoms with Gasteiger partial charge in [0.1, 0.15) is 6.61 Å². The zero-order valence-electron chi connectivity index (χ0n) is 8.57. The summed E-state index contributed by atoms with van der Waals surface area (Å²) < 4.78 is 4.78. The van der Waals surface area contributed by atoms with Gasteiger partial charge in [-0.15, -0.1) is 0 Å². The topological polar surface area (TPSA) is 69.7 Å². The number of carbonyl (C=O) groups excluding carboxylic acids is 2. The van der Waals surface area contributed by atoms with Crippen LogP contribution in [0.25, 0.3) is 0 Å². The van der Waals surface area contributed by atoms with Gasteiger partial charge in [-0.1, -0.05) is 0 Å². The molecule has 0 heterocycles. The van der Waals surface area contributed by atoms with E-state index in [4.69, 9.17) is 4.74 Å². The first-order valence-electron chi connectivity index (χ1n) is 4.14. The molecule has 0 aliphatic rings. The molecule has 0 N–H and O–H groups in total. The number of ether oxygens (including phenoxy) is 1. The van der Waals surface area contributed by atoms with Gasteiger partial charge in [-0.3, -0.25) is 0 Å². The van der Waals surface area contributed by atoms with Crippen LogP contribution in [0.5, 0.6) is 0 Å². The summed E-state index contributed by atoms with van der Waals surface area (Å²) in [6.07, 6.45) is 0.720. The number of aliphatic carboxylic acids is 1. The van der Waals surface area contributed by atoms with E-state index < -0.39 is 11.9 Å². The third-order valence-electron chi connectivity index (χ3n) is 1.43. The summed E-state index contributed by atoms with van der Waals surface area (Å²) >= 11 is 0. The third kappa shape index (κ3) is 6.19. The van der Waals surface area contributed by atoms with Crippen LogP contribution < -0.4 is 5.11 Å². The van der Waals surface area contributed by atoms with Crippen LogP contribution in [-0.2, 0) is 14.3 Å². The van der Waals surface area contributed by atoms with Crippen LogP contribution in [0.1, 0.15) is 6.92 Å². The molecule has 14 heavy (non-hydrogen) atoms. The molecule has 0 amide bonds. The molecule has 0 aliphatic heterocycles. The smallest absolute Gasteiger partial charge is 0.333 e. The predicted octanol–water partition coefficient (Wildman–Crippen LogP) is -1.21. The van der Waals surface area contributed by atoms with Crippen molar-refractivity contribution in [3.05, 3.63) is 11.6 Å². The van der Waals surface area contributed by atoms with Crippen LogP contribution in [0.3, 0.4) is 0 Å². The van der Waals surface area contributed by atoms with E-state index in [0.717, 1.165) is 6.08 Å². The second-order valence-electron chi connectivity index (χ2n) is 3.09. The molecule has 0 spiro atoms. The first-order valence-corrected chi connectivity index (χ1v) is 4.14. The van der Waals surface area contributed by atoms with Crippen molar-refractivity contribution in [3.8, 4) is 0 Å². The highest BCUT2D eigenvalue weighted by Crippen LogP contribution is 1.95. The number of hydrogen-bond donors (Lipinski definition) is 0. The van der Waals surface area contributed by atoms with E-state index in [0.29, 0.717) is 6.54 Å². The summed E-state index contributed by atoms with van der Waals surface area (Å²) in [5.41, 5.74) is 0.0313. The minimum absolute atomic E-state index is 0.0313. The number of hydrogen-bond acceptors (Lipinski definition) is 5. The Kier molecular flexibility index (Phi) is 5.55. The molecule has 0 aromatic carbocycles. The van der Waals surface area contributed by atoms with Crippen LogP contribution in [0.2, 0.25) is 0 Å². The summed E-state index contributed by atoms with van der Waals surface area (Å²) in [7, 11) is 3.69. The van der Waals surface area contributed by atoms with Crippen LogP contribution in [0, 0.1) is 0 Å². The fourth-order valence-corrected chi connectivity index (χ4v) is 0.670. The van der Waals surface area contributed by atoms with Gasteiger partial charge in [0.05, 0.1) is 5.97 Å². The molecule has 0 unspecified atom stereocenters. The zero-order valence-corrected chi connectivity index (χ0v) is 8.57. The molecule has 0 bridgehead atoms. The molecule has 5 nitrogen and oxygen atoms in total. The average molecular weight is 200 g/mol. The minimum atomic E-state index is -1.40. The van der Waals surface area contributed by atoms with Crippen molar-refractivity contribution in [1.29, 1.82) is 0 Å². The summed E-state index contributed by atoms with van der Waals surface area (Å²) in [5, 5.41) is 10.1. The van der Waals surface area contributed by atoms with Crippen molar-refractivity contribution >= 4 is 11.9 Å². The lowest BCUT2D eigenvalue weighted by atomic mass is 10.3. The molecule has 0 rings (SSSR count). The van der Waals surface area contributed by atoms with Gasteiger partial charge in [-0.2, -0.15) is 0 Å². The van der Waals surface area contributed by atoms with Crippen molar-refractivity contribution in [2.24, 2.45) is 0 Å². The SMILES string of the molecule is CC(=CC(=O)[O-])C(=O)OCCN(C)C. The molecule has 0 aromatic heterocycles. The molecule has 0 saturated heterocycles. The first kappa shape index (κ1) is 12.6. The summed E-state index contributed by atoms with van der Waals surface area (Å²) in [5.74, 6) is -2.02. The molecule has 5 heteroatoms. The number of carboxylic acids is 1. The van der Waals surface area contributed by atoms with Crippen LogP contribution in [-0.4, -0.2) is 44.1 Å². The maximum Gasteiger partial charge on any atom is 0.333 e. The van der Waals surface area contributed by atoms with Crippen LogP contribution >= 0.6 is 0 Å². The van der Waals surface area contributed by atoms with Gasteiger partial charge < -0.3 is 19.5 Å². The summed E-state index contributed by atoms with van der Waals surface area (Å²) in [6, 6.07) is 0. The normalized spacial score (nSPS) is 11.6. The minimum Gasteiger partial charge on any atom is -0.545 e. The Labute approximate surface area is 83.0 Å². The molecule has 80 valence electrons. The Morgan fingerprint density at radius 3 is 2.43 bits per heavy atom. The average Bonchev–Trinajstić information content (AvgIpc) is 2.01. The third-order valence-corrected chi connectivity index (χ3v) is 1.43. The van der Waals surface area contributed by atoms with Crippen LogP contribution in [0.4, 0.5) is 0 Å². The lowest BCUT2D eigenvalue weighted by Gasteiger charge is -2.09. The Morgan fingerprint density at radius 2 is 2.00 bits per heavy atom. The molecule has 0 atom stereocenters. The lowest BCUT2D eigenvalue weighted by Crippen LogP contribution is -2.22. The van der Waals surface area contributed by atoms with Gasteiger partial charge in [0.15, 0.2) is 0 Å². The van der Waals surface area contributed by atoms with E-state index in [1.807, 2.05) is 19.0 Å². The van der Waals surface area contributed by atoms with Gasteiger partial charge in [-0.05, 0) is 27.1 Å². The Morgan fingerprint density at radius 1 is 1.43 bits per heavy atom. The molecular formula is C9H14NO4-. The van der Waals surface area contributed by atoms with Crippen molar-refractivity contribution < 1.29 is 19.4 Å². The van der Waals surface area contributed by atoms with E-state index >= 15 is 0 Å². The molecule has 0 radical (unpaired) electrons. The Bertz CT molecular complexity index is 245. The van der Waals surface area contributed by atoms with Gasteiger partial charge in [0.2, 0.25) is 0 Å². The molecule has 0 fully saturated rings. The van der Waals surface area contributed by atoms with E-state index in [2.05, 4.69) is 0 Å². The van der Waals surface area contributed by atoms with E-state index in [1.165, 1.54) is 6.92 Å². The maximum atomic E-state index is 11.1.